The summed E-state index contributed by atoms with van der Waals surface area (Å²) in [5.74, 6) is 0.365. The summed E-state index contributed by atoms with van der Waals surface area (Å²) in [4.78, 5) is 10.9. The van der Waals surface area contributed by atoms with Crippen LogP contribution in [0.3, 0.4) is 0 Å². The van der Waals surface area contributed by atoms with Crippen molar-refractivity contribution in [3.8, 4) is 11.5 Å². The first-order valence-corrected chi connectivity index (χ1v) is 5.00. The van der Waals surface area contributed by atoms with Gasteiger partial charge in [-0.25, -0.2) is 0 Å². The lowest BCUT2D eigenvalue weighted by molar-refractivity contribution is -0.114. The van der Waals surface area contributed by atoms with Gasteiger partial charge in [-0.2, -0.15) is 0 Å². The normalized spacial score (nSPS) is 17.9. The van der Waals surface area contributed by atoms with Gasteiger partial charge >= 0.3 is 0 Å². The van der Waals surface area contributed by atoms with Gasteiger partial charge in [-0.3, -0.25) is 4.79 Å². The highest BCUT2D eigenvalue weighted by Gasteiger charge is 2.23. The second-order valence-corrected chi connectivity index (χ2v) is 3.63. The van der Waals surface area contributed by atoms with E-state index in [2.05, 4.69) is 5.32 Å². The highest BCUT2D eigenvalue weighted by Crippen LogP contribution is 2.29. The highest BCUT2D eigenvalue weighted by atomic mass is 16.6. The van der Waals surface area contributed by atoms with Gasteiger partial charge in [0.2, 0.25) is 5.91 Å². The molecule has 0 saturated carbocycles. The van der Waals surface area contributed by atoms with Crippen molar-refractivity contribution in [1.29, 1.82) is 0 Å². The van der Waals surface area contributed by atoms with E-state index in [-0.39, 0.29) is 17.8 Å². The number of hydrogen-bond donors (Lipinski definition) is 2. The van der Waals surface area contributed by atoms with Crippen molar-refractivity contribution in [2.45, 2.75) is 13.0 Å². The van der Waals surface area contributed by atoms with Gasteiger partial charge in [0.15, 0.2) is 0 Å². The van der Waals surface area contributed by atoms with Gasteiger partial charge in [0.05, 0.1) is 12.3 Å². The van der Waals surface area contributed by atoms with Gasteiger partial charge in [0, 0.05) is 13.0 Å². The van der Waals surface area contributed by atoms with Crippen LogP contribution in [0.4, 0.5) is 5.69 Å². The van der Waals surface area contributed by atoms with Crippen molar-refractivity contribution in [2.24, 2.45) is 0 Å². The number of anilines is 1. The van der Waals surface area contributed by atoms with E-state index in [0.717, 1.165) is 0 Å². The van der Waals surface area contributed by atoms with E-state index in [4.69, 9.17) is 9.47 Å². The zero-order valence-electron chi connectivity index (χ0n) is 8.90. The lowest BCUT2D eigenvalue weighted by atomic mass is 10.2. The van der Waals surface area contributed by atoms with Crippen LogP contribution >= 0.6 is 0 Å². The highest BCUT2D eigenvalue weighted by molar-refractivity contribution is 5.90. The fraction of sp³-hybridized carbons (Fsp3) is 0.364. The predicted octanol–water partition coefficient (Wildman–Crippen LogP) is 1.13. The predicted molar refractivity (Wildman–Crippen MR) is 57.6 cm³/mol. The molecule has 0 unspecified atom stereocenters. The van der Waals surface area contributed by atoms with Crippen LogP contribution < -0.4 is 10.1 Å². The molecule has 2 N–H and O–H groups in total. The number of carbonyl (C=O) groups excluding carboxylic acids is 1. The molecule has 0 radical (unpaired) electrons. The second-order valence-electron chi connectivity index (χ2n) is 3.63. The Hall–Kier alpha value is -1.75. The van der Waals surface area contributed by atoms with Crippen LogP contribution in [0.2, 0.25) is 0 Å². The first-order valence-electron chi connectivity index (χ1n) is 5.00. The molecule has 1 aliphatic rings. The number of benzene rings is 1. The fourth-order valence-corrected chi connectivity index (χ4v) is 1.27. The molecule has 86 valence electrons. The smallest absolute Gasteiger partial charge is 0.221 e. The summed E-state index contributed by atoms with van der Waals surface area (Å²) in [5, 5.41) is 12.0. The molecule has 1 aromatic carbocycles. The third-order valence-electron chi connectivity index (χ3n) is 2.10. The van der Waals surface area contributed by atoms with Gasteiger partial charge in [-0.1, -0.05) is 0 Å². The molecular weight excluding hydrogens is 210 g/mol. The molecule has 1 saturated heterocycles. The minimum atomic E-state index is -0.182. The summed E-state index contributed by atoms with van der Waals surface area (Å²) in [6, 6.07) is 4.55. The van der Waals surface area contributed by atoms with E-state index in [1.54, 1.807) is 6.07 Å². The number of phenolic OH excluding ortho intramolecular Hbond substituents is 1. The first-order chi connectivity index (χ1) is 7.65. The summed E-state index contributed by atoms with van der Waals surface area (Å²) in [6.45, 7) is 2.55. The maximum Gasteiger partial charge on any atom is 0.221 e. The molecule has 1 atom stereocenters. The number of rotatable bonds is 4. The van der Waals surface area contributed by atoms with E-state index >= 15 is 0 Å². The number of hydrogen-bond acceptors (Lipinski definition) is 4. The van der Waals surface area contributed by atoms with Gasteiger partial charge in [-0.05, 0) is 12.1 Å². The quantitative estimate of drug-likeness (QED) is 0.593. The Morgan fingerprint density at radius 2 is 2.44 bits per heavy atom. The Morgan fingerprint density at radius 1 is 1.69 bits per heavy atom. The Kier molecular flexibility index (Phi) is 2.96. The van der Waals surface area contributed by atoms with Crippen LogP contribution in [-0.2, 0) is 9.53 Å². The minimum absolute atomic E-state index is 0.0980. The van der Waals surface area contributed by atoms with Gasteiger partial charge in [0.1, 0.15) is 24.2 Å². The maximum atomic E-state index is 10.9. The van der Waals surface area contributed by atoms with Crippen LogP contribution in [0.15, 0.2) is 18.2 Å². The first kappa shape index (κ1) is 10.8. The summed E-state index contributed by atoms with van der Waals surface area (Å²) in [6.07, 6.45) is 0.132. The summed E-state index contributed by atoms with van der Waals surface area (Å²) in [7, 11) is 0. The van der Waals surface area contributed by atoms with Crippen molar-refractivity contribution < 1.29 is 19.4 Å². The Balaban J connectivity index is 2.10. The lowest BCUT2D eigenvalue weighted by Gasteiger charge is -2.11. The minimum Gasteiger partial charge on any atom is -0.508 e. The maximum absolute atomic E-state index is 10.9. The molecule has 2 rings (SSSR count). The van der Waals surface area contributed by atoms with Crippen molar-refractivity contribution in [2.75, 3.05) is 18.5 Å². The number of ether oxygens (including phenoxy) is 2. The average molecular weight is 223 g/mol. The Labute approximate surface area is 93.0 Å². The molecule has 1 aliphatic heterocycles. The van der Waals surface area contributed by atoms with Crippen LogP contribution in [0.25, 0.3) is 0 Å². The van der Waals surface area contributed by atoms with E-state index in [1.165, 1.54) is 19.1 Å². The van der Waals surface area contributed by atoms with Crippen molar-refractivity contribution in [3.63, 3.8) is 0 Å². The average Bonchev–Trinajstić information content (AvgIpc) is 3.01. The number of aromatic hydroxyl groups is 1. The monoisotopic (exact) mass is 223 g/mol. The SMILES string of the molecule is CC(=O)Nc1ccc(O)cc1OC[C@@H]1CO1. The molecule has 1 amide bonds. The largest absolute Gasteiger partial charge is 0.508 e. The van der Waals surface area contributed by atoms with Gasteiger partial charge in [0.25, 0.3) is 0 Å². The van der Waals surface area contributed by atoms with Crippen LogP contribution in [0.1, 0.15) is 6.92 Å². The van der Waals surface area contributed by atoms with Crippen LogP contribution in [0.5, 0.6) is 11.5 Å². The van der Waals surface area contributed by atoms with E-state index in [1.807, 2.05) is 0 Å². The summed E-state index contributed by atoms with van der Waals surface area (Å²) < 4.78 is 10.4. The number of phenols is 1. The van der Waals surface area contributed by atoms with Gasteiger partial charge in [-0.15, -0.1) is 0 Å². The van der Waals surface area contributed by atoms with Crippen LogP contribution in [-0.4, -0.2) is 30.3 Å². The molecule has 5 heteroatoms. The Morgan fingerprint density at radius 3 is 3.06 bits per heavy atom. The van der Waals surface area contributed by atoms with Crippen molar-refractivity contribution in [3.05, 3.63) is 18.2 Å². The zero-order chi connectivity index (χ0) is 11.5. The summed E-state index contributed by atoms with van der Waals surface area (Å²) >= 11 is 0. The second kappa shape index (κ2) is 4.40. The fourth-order valence-electron chi connectivity index (χ4n) is 1.27. The molecule has 16 heavy (non-hydrogen) atoms. The number of amides is 1. The van der Waals surface area contributed by atoms with Crippen molar-refractivity contribution in [1.82, 2.24) is 0 Å². The molecular formula is C11H13NO4. The zero-order valence-corrected chi connectivity index (χ0v) is 8.90. The molecule has 0 aromatic heterocycles. The number of epoxide rings is 1. The number of carbonyl (C=O) groups is 1. The molecule has 1 aromatic rings. The van der Waals surface area contributed by atoms with E-state index in [0.29, 0.717) is 24.7 Å². The third kappa shape index (κ3) is 2.87. The van der Waals surface area contributed by atoms with E-state index < -0.39 is 0 Å². The van der Waals surface area contributed by atoms with Gasteiger partial charge < -0.3 is 19.9 Å². The molecule has 1 heterocycles. The van der Waals surface area contributed by atoms with Crippen molar-refractivity contribution >= 4 is 11.6 Å². The molecule has 0 bridgehead atoms. The molecule has 1 fully saturated rings. The molecule has 0 spiro atoms. The standard InChI is InChI=1S/C11H13NO4/c1-7(13)12-10-3-2-8(14)4-11(10)16-6-9-5-15-9/h2-4,9,14H,5-6H2,1H3,(H,12,13)/t9-/m0/s1. The lowest BCUT2D eigenvalue weighted by Crippen LogP contribution is -2.10. The molecule has 0 aliphatic carbocycles. The summed E-state index contributed by atoms with van der Waals surface area (Å²) in [5.41, 5.74) is 0.547. The topological polar surface area (TPSA) is 71.1 Å². The third-order valence-corrected chi connectivity index (χ3v) is 2.10. The number of nitrogens with one attached hydrogen (secondary N) is 1. The molecule has 5 nitrogen and oxygen atoms in total. The van der Waals surface area contributed by atoms with Crippen LogP contribution in [0, 0.1) is 0 Å². The Bertz CT molecular complexity index is 401. The van der Waals surface area contributed by atoms with E-state index in [9.17, 15) is 9.90 Å².